The number of anilines is 2. The number of halogens is 3. The highest BCUT2D eigenvalue weighted by molar-refractivity contribution is 7.80. The smallest absolute Gasteiger partial charge is 0.317 e. The monoisotopic (exact) mass is 767 g/mol. The quantitative estimate of drug-likeness (QED) is 0.136. The minimum absolute atomic E-state index is 0.0264. The summed E-state index contributed by atoms with van der Waals surface area (Å²) < 4.78 is 67.9. The van der Waals surface area contributed by atoms with Crippen LogP contribution in [0.3, 0.4) is 0 Å². The lowest BCUT2D eigenvalue weighted by Gasteiger charge is -2.45. The zero-order valence-electron chi connectivity index (χ0n) is 30.1. The minimum atomic E-state index is -2.81. The summed E-state index contributed by atoms with van der Waals surface area (Å²) in [7, 11) is 0. The number of aromatic amines is 1. The first-order valence-corrected chi connectivity index (χ1v) is 19.3. The van der Waals surface area contributed by atoms with Gasteiger partial charge < -0.3 is 15.0 Å². The molecule has 3 N–H and O–H groups in total. The van der Waals surface area contributed by atoms with Gasteiger partial charge in [0.25, 0.3) is 11.3 Å². The molecule has 54 heavy (non-hydrogen) atoms. The van der Waals surface area contributed by atoms with Crippen LogP contribution in [0.25, 0.3) is 22.2 Å². The van der Waals surface area contributed by atoms with Gasteiger partial charge in [-0.15, -0.1) is 0 Å². The maximum atomic E-state index is 16.0. The molecule has 2 aromatic carbocycles. The van der Waals surface area contributed by atoms with Crippen LogP contribution < -0.4 is 9.31 Å². The van der Waals surface area contributed by atoms with Crippen molar-refractivity contribution >= 4 is 45.4 Å². The third kappa shape index (κ3) is 7.75. The number of H-pyrrole nitrogens is 1. The fourth-order valence-electron chi connectivity index (χ4n) is 8.27. The van der Waals surface area contributed by atoms with Gasteiger partial charge in [-0.25, -0.2) is 27.4 Å². The Morgan fingerprint density at radius 2 is 1.69 bits per heavy atom. The van der Waals surface area contributed by atoms with Gasteiger partial charge >= 0.3 is 5.97 Å². The molecule has 3 aliphatic rings. The summed E-state index contributed by atoms with van der Waals surface area (Å²) >= 11 is -2.81. The molecule has 288 valence electrons. The first-order chi connectivity index (χ1) is 25.9. The molecule has 0 spiro atoms. The number of aliphatic carboxylic acids is 1. The molecule has 0 aliphatic carbocycles. The Kier molecular flexibility index (Phi) is 11.1. The van der Waals surface area contributed by atoms with E-state index in [-0.39, 0.29) is 43.7 Å². The standard InChI is InChI=1S/C38H44F3N7O5S/c1-23-18-44(19-24(2)47(23)22-34(49)50)20-25-9-12-45(13-10-25)29-5-3-26(4-6-29)27-15-30-31(17-43-38(30)42-16-27)37(51)35-32(40)7-8-33(36(35)41)48(54(52)53)46-14-11-28(39)21-46/h3-8,15-17,23-25,28H,9-14,18-22H2,1-2H3,(H,42,43)(H,49,50)(H,52,53)/t23-,24+,28-/m1/s1. The highest BCUT2D eigenvalue weighted by Crippen LogP contribution is 2.34. The van der Waals surface area contributed by atoms with Gasteiger partial charge in [0, 0.05) is 85.9 Å². The Labute approximate surface area is 313 Å². The number of nitrogens with zero attached hydrogens (tertiary/aromatic N) is 6. The number of carbonyl (C=O) groups is 2. The molecule has 0 radical (unpaired) electrons. The number of carboxylic acids is 1. The van der Waals surface area contributed by atoms with Crippen LogP contribution >= 0.6 is 0 Å². The third-order valence-corrected chi connectivity index (χ3v) is 11.7. The van der Waals surface area contributed by atoms with E-state index < -0.39 is 52.1 Å². The number of ketones is 1. The van der Waals surface area contributed by atoms with E-state index in [0.717, 1.165) is 68.9 Å². The van der Waals surface area contributed by atoms with Crippen LogP contribution in [0.5, 0.6) is 0 Å². The number of nitrogens with one attached hydrogen (secondary N) is 1. The summed E-state index contributed by atoms with van der Waals surface area (Å²) in [4.78, 5) is 39.3. The van der Waals surface area contributed by atoms with Crippen molar-refractivity contribution < 1.29 is 36.6 Å². The highest BCUT2D eigenvalue weighted by atomic mass is 32.2. The second-order valence-corrected chi connectivity index (χ2v) is 15.5. The maximum absolute atomic E-state index is 16.0. The SMILES string of the molecule is C[C@@H]1CN(CC2CCN(c3ccc(-c4cnc5[nH]cc(C(=O)c6c(F)ccc(N(N7CC[C@@H](F)C7)S(=O)O)c6F)c5c4)cc3)CC2)C[C@H](C)N1CC(=O)O. The van der Waals surface area contributed by atoms with Crippen LogP contribution in [-0.2, 0) is 16.1 Å². The van der Waals surface area contributed by atoms with Crippen LogP contribution in [0.4, 0.5) is 24.5 Å². The van der Waals surface area contributed by atoms with E-state index in [4.69, 9.17) is 0 Å². The summed E-state index contributed by atoms with van der Waals surface area (Å²) in [6, 6.07) is 12.0. The maximum Gasteiger partial charge on any atom is 0.317 e. The van der Waals surface area contributed by atoms with E-state index in [9.17, 15) is 27.8 Å². The molecule has 3 saturated heterocycles. The van der Waals surface area contributed by atoms with Crippen molar-refractivity contribution in [1.29, 1.82) is 0 Å². The fourth-order valence-corrected chi connectivity index (χ4v) is 8.92. The second kappa shape index (κ2) is 15.8. The molecule has 0 amide bonds. The van der Waals surface area contributed by atoms with Crippen molar-refractivity contribution in [3.63, 3.8) is 0 Å². The minimum Gasteiger partial charge on any atom is -0.480 e. The van der Waals surface area contributed by atoms with E-state index >= 15 is 8.78 Å². The summed E-state index contributed by atoms with van der Waals surface area (Å²) in [5.41, 5.74) is 1.52. The molecule has 7 rings (SSSR count). The van der Waals surface area contributed by atoms with Crippen molar-refractivity contribution in [2.45, 2.75) is 51.4 Å². The number of carbonyl (C=O) groups excluding carboxylic acids is 1. The van der Waals surface area contributed by atoms with Crippen LogP contribution in [0, 0.1) is 17.6 Å². The molecule has 0 saturated carbocycles. The summed E-state index contributed by atoms with van der Waals surface area (Å²) in [5, 5.41) is 10.8. The van der Waals surface area contributed by atoms with Gasteiger partial charge in [-0.2, -0.15) is 4.41 Å². The molecular weight excluding hydrogens is 724 g/mol. The summed E-state index contributed by atoms with van der Waals surface area (Å²) in [6.45, 7) is 8.66. The number of hydrogen-bond donors (Lipinski definition) is 3. The Balaban J connectivity index is 1.03. The zero-order valence-corrected chi connectivity index (χ0v) is 30.9. The second-order valence-electron chi connectivity index (χ2n) is 14.7. The largest absolute Gasteiger partial charge is 0.480 e. The van der Waals surface area contributed by atoms with Gasteiger partial charge in [0.05, 0.1) is 18.7 Å². The topological polar surface area (TPSA) is 137 Å². The van der Waals surface area contributed by atoms with Gasteiger partial charge in [0.2, 0.25) is 5.78 Å². The molecule has 5 heterocycles. The van der Waals surface area contributed by atoms with Crippen molar-refractivity contribution in [3.8, 4) is 11.1 Å². The molecule has 1 unspecified atom stereocenters. The Hall–Kier alpha value is -4.35. The van der Waals surface area contributed by atoms with Crippen molar-refractivity contribution in [2.24, 2.45) is 5.92 Å². The lowest BCUT2D eigenvalue weighted by Crippen LogP contribution is -2.58. The number of piperazine rings is 1. The van der Waals surface area contributed by atoms with Crippen molar-refractivity contribution in [2.75, 3.05) is 61.7 Å². The molecule has 3 fully saturated rings. The zero-order chi connectivity index (χ0) is 38.3. The normalized spacial score (nSPS) is 22.6. The number of benzene rings is 2. The van der Waals surface area contributed by atoms with Gasteiger partial charge in [0.1, 0.15) is 23.3 Å². The number of pyridine rings is 1. The molecule has 4 aromatic rings. The van der Waals surface area contributed by atoms with Crippen LogP contribution in [0.1, 0.15) is 49.0 Å². The number of fused-ring (bicyclic) bond motifs is 1. The summed E-state index contributed by atoms with van der Waals surface area (Å²) in [5.74, 6) is -3.68. The molecule has 12 nitrogen and oxygen atoms in total. The average Bonchev–Trinajstić information content (AvgIpc) is 3.77. The number of aromatic nitrogens is 2. The first-order valence-electron chi connectivity index (χ1n) is 18.2. The van der Waals surface area contributed by atoms with Crippen LogP contribution in [-0.4, -0.2) is 121 Å². The predicted molar refractivity (Wildman–Crippen MR) is 200 cm³/mol. The molecule has 16 heteroatoms. The molecule has 0 bridgehead atoms. The van der Waals surface area contributed by atoms with Crippen LogP contribution in [0.2, 0.25) is 0 Å². The first kappa shape index (κ1) is 37.9. The van der Waals surface area contributed by atoms with E-state index in [1.165, 1.54) is 11.2 Å². The Bertz CT molecular complexity index is 2030. The molecular formula is C38H44F3N7O5S. The fraction of sp³-hybridized carbons (Fsp3) is 0.447. The van der Waals surface area contributed by atoms with E-state index in [2.05, 4.69) is 38.5 Å². The number of piperidine rings is 1. The lowest BCUT2D eigenvalue weighted by molar-refractivity contribution is -0.140. The Morgan fingerprint density at radius 1 is 0.981 bits per heavy atom. The van der Waals surface area contributed by atoms with Crippen molar-refractivity contribution in [1.82, 2.24) is 24.8 Å². The Morgan fingerprint density at radius 3 is 2.31 bits per heavy atom. The molecule has 2 aromatic heterocycles. The number of hydrazine groups is 1. The van der Waals surface area contributed by atoms with Gasteiger partial charge in [-0.05, 0) is 74.9 Å². The van der Waals surface area contributed by atoms with Gasteiger partial charge in [0.15, 0.2) is 5.82 Å². The highest BCUT2D eigenvalue weighted by Gasteiger charge is 2.35. The average molecular weight is 768 g/mol. The number of carboxylic acid groups (broad SMARTS) is 1. The van der Waals surface area contributed by atoms with Gasteiger partial charge in [-0.1, -0.05) is 12.1 Å². The van der Waals surface area contributed by atoms with Crippen LogP contribution in [0.15, 0.2) is 54.9 Å². The third-order valence-electron chi connectivity index (χ3n) is 11.0. The summed E-state index contributed by atoms with van der Waals surface area (Å²) in [6.07, 6.45) is 3.89. The predicted octanol–water partition coefficient (Wildman–Crippen LogP) is 5.34. The van der Waals surface area contributed by atoms with Crippen molar-refractivity contribution in [3.05, 3.63) is 77.6 Å². The van der Waals surface area contributed by atoms with Gasteiger partial charge in [-0.3, -0.25) is 23.9 Å². The van der Waals surface area contributed by atoms with E-state index in [1.54, 1.807) is 12.3 Å². The van der Waals surface area contributed by atoms with E-state index in [1.807, 2.05) is 24.3 Å². The number of rotatable bonds is 11. The van der Waals surface area contributed by atoms with E-state index in [0.29, 0.717) is 26.9 Å². The molecule has 3 aliphatic heterocycles. The number of hydrogen-bond acceptors (Lipinski definition) is 8. The molecule has 4 atom stereocenters. The lowest BCUT2D eigenvalue weighted by atomic mass is 9.94. The number of alkyl halides is 1.